The van der Waals surface area contributed by atoms with Crippen molar-refractivity contribution in [3.8, 4) is 0 Å². The third-order valence-corrected chi connectivity index (χ3v) is 3.36. The molecule has 1 aromatic rings. The summed E-state index contributed by atoms with van der Waals surface area (Å²) in [5.41, 5.74) is 7.84. The second-order valence-corrected chi connectivity index (χ2v) is 4.39. The molecule has 1 aliphatic rings. The second kappa shape index (κ2) is 5.47. The van der Waals surface area contributed by atoms with Crippen molar-refractivity contribution in [3.63, 3.8) is 0 Å². The van der Waals surface area contributed by atoms with Crippen molar-refractivity contribution >= 4 is 5.69 Å². The summed E-state index contributed by atoms with van der Waals surface area (Å²) in [5.74, 6) is -0.169. The van der Waals surface area contributed by atoms with Crippen LogP contribution in [0.3, 0.4) is 0 Å². The molecule has 0 aliphatic carbocycles. The van der Waals surface area contributed by atoms with Crippen molar-refractivity contribution in [2.75, 3.05) is 31.6 Å². The Morgan fingerprint density at radius 3 is 3.06 bits per heavy atom. The fourth-order valence-corrected chi connectivity index (χ4v) is 2.28. The van der Waals surface area contributed by atoms with Gasteiger partial charge in [0.1, 0.15) is 5.82 Å². The van der Waals surface area contributed by atoms with Crippen molar-refractivity contribution in [2.24, 2.45) is 5.73 Å². The van der Waals surface area contributed by atoms with Crippen molar-refractivity contribution < 1.29 is 9.13 Å². The largest absolute Gasteiger partial charge is 0.380 e. The minimum absolute atomic E-state index is 0.0904. The molecular weight excluding hydrogens is 219 g/mol. The van der Waals surface area contributed by atoms with Gasteiger partial charge in [-0.25, -0.2) is 4.39 Å². The topological polar surface area (TPSA) is 38.5 Å². The van der Waals surface area contributed by atoms with Crippen LogP contribution in [-0.4, -0.2) is 32.8 Å². The lowest BCUT2D eigenvalue weighted by atomic mass is 10.1. The molecule has 1 atom stereocenters. The molecule has 0 spiro atoms. The molecule has 4 heteroatoms. The van der Waals surface area contributed by atoms with Crippen LogP contribution in [0.4, 0.5) is 10.1 Å². The van der Waals surface area contributed by atoms with Gasteiger partial charge in [0.25, 0.3) is 0 Å². The maximum atomic E-state index is 13.2. The molecule has 0 radical (unpaired) electrons. The Labute approximate surface area is 101 Å². The van der Waals surface area contributed by atoms with E-state index in [4.69, 9.17) is 10.5 Å². The van der Waals surface area contributed by atoms with Crippen molar-refractivity contribution in [3.05, 3.63) is 29.6 Å². The first kappa shape index (κ1) is 12.3. The zero-order valence-electron chi connectivity index (χ0n) is 10.2. The molecule has 2 rings (SSSR count). The molecule has 17 heavy (non-hydrogen) atoms. The first-order valence-corrected chi connectivity index (χ1v) is 6.01. The lowest BCUT2D eigenvalue weighted by Gasteiger charge is -2.22. The monoisotopic (exact) mass is 238 g/mol. The summed E-state index contributed by atoms with van der Waals surface area (Å²) in [6.45, 7) is 2.35. The molecule has 1 unspecified atom stereocenters. The molecule has 1 aliphatic heterocycles. The number of hydrogen-bond donors (Lipinski definition) is 1. The number of nitrogens with two attached hydrogens (primary N) is 1. The predicted molar refractivity (Wildman–Crippen MR) is 66.8 cm³/mol. The van der Waals surface area contributed by atoms with Crippen LogP contribution in [0.15, 0.2) is 18.2 Å². The summed E-state index contributed by atoms with van der Waals surface area (Å²) in [5, 5.41) is 0. The Kier molecular flexibility index (Phi) is 3.97. The molecule has 0 fully saturated rings. The average molecular weight is 238 g/mol. The Balaban J connectivity index is 1.99. The van der Waals surface area contributed by atoms with Crippen LogP contribution in [0.5, 0.6) is 0 Å². The number of nitrogens with zero attached hydrogens (tertiary/aromatic N) is 1. The minimum atomic E-state index is -0.169. The number of benzene rings is 1. The second-order valence-electron chi connectivity index (χ2n) is 4.39. The van der Waals surface area contributed by atoms with Crippen LogP contribution in [0.1, 0.15) is 12.0 Å². The third-order valence-electron chi connectivity index (χ3n) is 3.36. The number of fused-ring (bicyclic) bond motifs is 1. The highest BCUT2D eigenvalue weighted by atomic mass is 19.1. The van der Waals surface area contributed by atoms with Gasteiger partial charge < -0.3 is 15.4 Å². The van der Waals surface area contributed by atoms with Gasteiger partial charge >= 0.3 is 0 Å². The predicted octanol–water partition coefficient (Wildman–Crippen LogP) is 1.55. The van der Waals surface area contributed by atoms with E-state index in [0.29, 0.717) is 6.54 Å². The highest BCUT2D eigenvalue weighted by Gasteiger charge is 2.20. The average Bonchev–Trinajstić information content (AvgIpc) is 2.73. The number of methoxy groups -OCH3 is 1. The van der Waals surface area contributed by atoms with E-state index in [0.717, 1.165) is 31.6 Å². The highest BCUT2D eigenvalue weighted by Crippen LogP contribution is 2.28. The van der Waals surface area contributed by atoms with Gasteiger partial charge in [-0.05, 0) is 30.5 Å². The minimum Gasteiger partial charge on any atom is -0.380 e. The van der Waals surface area contributed by atoms with E-state index >= 15 is 0 Å². The fraction of sp³-hybridized carbons (Fsp3) is 0.538. The summed E-state index contributed by atoms with van der Waals surface area (Å²) >= 11 is 0. The molecule has 0 bridgehead atoms. The van der Waals surface area contributed by atoms with E-state index < -0.39 is 0 Å². The smallest absolute Gasteiger partial charge is 0.125 e. The zero-order valence-corrected chi connectivity index (χ0v) is 10.2. The number of halogens is 1. The van der Waals surface area contributed by atoms with E-state index in [-0.39, 0.29) is 11.9 Å². The summed E-state index contributed by atoms with van der Waals surface area (Å²) in [4.78, 5) is 2.21. The van der Waals surface area contributed by atoms with Gasteiger partial charge in [0.05, 0.1) is 6.10 Å². The van der Waals surface area contributed by atoms with Gasteiger partial charge in [0.2, 0.25) is 0 Å². The van der Waals surface area contributed by atoms with Crippen LogP contribution in [-0.2, 0) is 11.2 Å². The van der Waals surface area contributed by atoms with E-state index in [9.17, 15) is 4.39 Å². The van der Waals surface area contributed by atoms with Gasteiger partial charge in [-0.1, -0.05) is 6.07 Å². The Morgan fingerprint density at radius 1 is 1.53 bits per heavy atom. The maximum absolute atomic E-state index is 13.2. The molecule has 0 aromatic heterocycles. The Morgan fingerprint density at radius 2 is 2.35 bits per heavy atom. The van der Waals surface area contributed by atoms with Gasteiger partial charge in [0.15, 0.2) is 0 Å². The van der Waals surface area contributed by atoms with Gasteiger partial charge in [-0.2, -0.15) is 0 Å². The maximum Gasteiger partial charge on any atom is 0.125 e. The molecule has 0 saturated heterocycles. The summed E-state index contributed by atoms with van der Waals surface area (Å²) in [7, 11) is 1.68. The van der Waals surface area contributed by atoms with Gasteiger partial charge in [-0.3, -0.25) is 0 Å². The molecule has 1 aromatic carbocycles. The van der Waals surface area contributed by atoms with Crippen molar-refractivity contribution in [2.45, 2.75) is 18.9 Å². The molecule has 3 nitrogen and oxygen atoms in total. The highest BCUT2D eigenvalue weighted by molar-refractivity contribution is 5.58. The van der Waals surface area contributed by atoms with Gasteiger partial charge in [0, 0.05) is 32.4 Å². The number of hydrogen-bond acceptors (Lipinski definition) is 3. The van der Waals surface area contributed by atoms with E-state index in [1.54, 1.807) is 13.2 Å². The van der Waals surface area contributed by atoms with Crippen LogP contribution in [0.2, 0.25) is 0 Å². The van der Waals surface area contributed by atoms with Crippen LogP contribution < -0.4 is 10.6 Å². The SMILES string of the molecule is COC(CN)CCN1CCc2ccc(F)cc21. The molecule has 2 N–H and O–H groups in total. The standard InChI is InChI=1S/C13H19FN2O/c1-17-12(9-15)5-7-16-6-4-10-2-3-11(14)8-13(10)16/h2-3,8,12H,4-7,9,15H2,1H3. The molecule has 94 valence electrons. The lowest BCUT2D eigenvalue weighted by molar-refractivity contribution is 0.104. The molecule has 1 heterocycles. The Bertz CT molecular complexity index is 380. The summed E-state index contributed by atoms with van der Waals surface area (Å²) < 4.78 is 18.4. The quantitative estimate of drug-likeness (QED) is 0.846. The zero-order chi connectivity index (χ0) is 12.3. The first-order chi connectivity index (χ1) is 8.24. The van der Waals surface area contributed by atoms with Crippen molar-refractivity contribution in [1.29, 1.82) is 0 Å². The lowest BCUT2D eigenvalue weighted by Crippen LogP contribution is -2.30. The number of anilines is 1. The molecule has 0 amide bonds. The van der Waals surface area contributed by atoms with Crippen molar-refractivity contribution in [1.82, 2.24) is 0 Å². The van der Waals surface area contributed by atoms with Crippen LogP contribution in [0, 0.1) is 5.82 Å². The number of ether oxygens (including phenoxy) is 1. The molecule has 0 saturated carbocycles. The molecular formula is C13H19FN2O. The van der Waals surface area contributed by atoms with E-state index in [2.05, 4.69) is 4.90 Å². The summed E-state index contributed by atoms with van der Waals surface area (Å²) in [6, 6.07) is 5.02. The third kappa shape index (κ3) is 2.76. The van der Waals surface area contributed by atoms with Gasteiger partial charge in [-0.15, -0.1) is 0 Å². The first-order valence-electron chi connectivity index (χ1n) is 6.01. The van der Waals surface area contributed by atoms with Crippen LogP contribution in [0.25, 0.3) is 0 Å². The Hall–Kier alpha value is -1.13. The normalized spacial score (nSPS) is 16.1. The van der Waals surface area contributed by atoms with Crippen LogP contribution >= 0.6 is 0 Å². The summed E-state index contributed by atoms with van der Waals surface area (Å²) in [6.07, 6.45) is 1.96. The number of rotatable bonds is 5. The van der Waals surface area contributed by atoms with E-state index in [1.165, 1.54) is 11.6 Å². The van der Waals surface area contributed by atoms with E-state index in [1.807, 2.05) is 6.07 Å². The fourth-order valence-electron chi connectivity index (χ4n) is 2.28.